The standard InChI is InChI=1S/C14H24/c1-4-6-12-8-9-13-11(2)7-5-10-14(12,13)3/h12H,4-10H2,1-3H3/t12-,14?/m1/s1. The minimum atomic E-state index is 0.609. The Morgan fingerprint density at radius 1 is 1.36 bits per heavy atom. The van der Waals surface area contributed by atoms with E-state index in [1.54, 1.807) is 5.57 Å². The quantitative estimate of drug-likeness (QED) is 0.556. The van der Waals surface area contributed by atoms with E-state index in [9.17, 15) is 0 Å². The van der Waals surface area contributed by atoms with Crippen molar-refractivity contribution >= 4 is 0 Å². The van der Waals surface area contributed by atoms with Crippen LogP contribution >= 0.6 is 0 Å². The van der Waals surface area contributed by atoms with Gasteiger partial charge in [-0.15, -0.1) is 0 Å². The molecule has 0 aliphatic heterocycles. The highest BCUT2D eigenvalue weighted by molar-refractivity contribution is 5.28. The molecule has 0 spiro atoms. The fourth-order valence-corrected chi connectivity index (χ4v) is 3.91. The fraction of sp³-hybridized carbons (Fsp3) is 0.857. The van der Waals surface area contributed by atoms with E-state index in [2.05, 4.69) is 20.8 Å². The van der Waals surface area contributed by atoms with Gasteiger partial charge in [-0.2, -0.15) is 0 Å². The van der Waals surface area contributed by atoms with Crippen LogP contribution in [0.2, 0.25) is 0 Å². The molecule has 1 saturated carbocycles. The molecular weight excluding hydrogens is 168 g/mol. The zero-order valence-electron chi connectivity index (χ0n) is 10.0. The number of hydrogen-bond acceptors (Lipinski definition) is 0. The second-order valence-corrected chi connectivity index (χ2v) is 5.55. The Bertz CT molecular complexity index is 249. The van der Waals surface area contributed by atoms with E-state index in [1.165, 1.54) is 44.9 Å². The van der Waals surface area contributed by atoms with Crippen LogP contribution in [0.1, 0.15) is 65.7 Å². The van der Waals surface area contributed by atoms with Gasteiger partial charge in [0.15, 0.2) is 0 Å². The summed E-state index contributed by atoms with van der Waals surface area (Å²) in [6.45, 7) is 7.25. The fourth-order valence-electron chi connectivity index (χ4n) is 3.91. The number of fused-ring (bicyclic) bond motifs is 1. The normalized spacial score (nSPS) is 37.5. The first-order valence-electron chi connectivity index (χ1n) is 6.37. The van der Waals surface area contributed by atoms with E-state index >= 15 is 0 Å². The Labute approximate surface area is 88.8 Å². The molecular formula is C14H24. The smallest absolute Gasteiger partial charge is 0.00853 e. The lowest BCUT2D eigenvalue weighted by Crippen LogP contribution is -2.26. The third kappa shape index (κ3) is 1.43. The van der Waals surface area contributed by atoms with Gasteiger partial charge in [-0.1, -0.05) is 31.4 Å². The second-order valence-electron chi connectivity index (χ2n) is 5.55. The van der Waals surface area contributed by atoms with Gasteiger partial charge >= 0.3 is 0 Å². The SMILES string of the molecule is CCC[C@@H]1CCC2=C(C)CCCC21C. The highest BCUT2D eigenvalue weighted by Gasteiger charge is 2.43. The Morgan fingerprint density at radius 3 is 2.86 bits per heavy atom. The summed E-state index contributed by atoms with van der Waals surface area (Å²) in [5.74, 6) is 0.998. The summed E-state index contributed by atoms with van der Waals surface area (Å²) in [5.41, 5.74) is 4.19. The lowest BCUT2D eigenvalue weighted by Gasteiger charge is -2.37. The summed E-state index contributed by atoms with van der Waals surface area (Å²) in [7, 11) is 0. The van der Waals surface area contributed by atoms with Gasteiger partial charge in [0, 0.05) is 0 Å². The van der Waals surface area contributed by atoms with E-state index in [-0.39, 0.29) is 0 Å². The molecule has 2 rings (SSSR count). The second kappa shape index (κ2) is 3.72. The minimum absolute atomic E-state index is 0.609. The Kier molecular flexibility index (Phi) is 2.72. The molecule has 0 nitrogen and oxygen atoms in total. The van der Waals surface area contributed by atoms with Crippen LogP contribution in [0.15, 0.2) is 11.1 Å². The molecule has 0 heteroatoms. The molecule has 0 N–H and O–H groups in total. The van der Waals surface area contributed by atoms with E-state index in [0.29, 0.717) is 5.41 Å². The lowest BCUT2D eigenvalue weighted by atomic mass is 9.67. The summed E-state index contributed by atoms with van der Waals surface area (Å²) in [5, 5.41) is 0. The van der Waals surface area contributed by atoms with Gasteiger partial charge in [-0.05, 0) is 56.8 Å². The monoisotopic (exact) mass is 192 g/mol. The van der Waals surface area contributed by atoms with Crippen LogP contribution in [0.4, 0.5) is 0 Å². The maximum Gasteiger partial charge on any atom is -0.00853 e. The van der Waals surface area contributed by atoms with Gasteiger partial charge in [0.25, 0.3) is 0 Å². The van der Waals surface area contributed by atoms with Gasteiger partial charge in [-0.25, -0.2) is 0 Å². The van der Waals surface area contributed by atoms with Crippen molar-refractivity contribution < 1.29 is 0 Å². The third-order valence-corrected chi connectivity index (χ3v) is 4.73. The summed E-state index contributed by atoms with van der Waals surface area (Å²) < 4.78 is 0. The largest absolute Gasteiger partial charge is 0.0736 e. The van der Waals surface area contributed by atoms with Crippen LogP contribution < -0.4 is 0 Å². The molecule has 0 heterocycles. The number of rotatable bonds is 2. The van der Waals surface area contributed by atoms with Crippen molar-refractivity contribution in [2.45, 2.75) is 65.7 Å². The molecule has 2 aliphatic rings. The van der Waals surface area contributed by atoms with Gasteiger partial charge in [0.2, 0.25) is 0 Å². The van der Waals surface area contributed by atoms with Crippen molar-refractivity contribution in [3.8, 4) is 0 Å². The molecule has 1 unspecified atom stereocenters. The molecule has 2 aliphatic carbocycles. The van der Waals surface area contributed by atoms with E-state index in [1.807, 2.05) is 5.57 Å². The third-order valence-electron chi connectivity index (χ3n) is 4.73. The number of allylic oxidation sites excluding steroid dienone is 2. The predicted octanol–water partition coefficient (Wildman–Crippen LogP) is 4.70. The van der Waals surface area contributed by atoms with Crippen LogP contribution in [-0.4, -0.2) is 0 Å². The zero-order chi connectivity index (χ0) is 10.2. The van der Waals surface area contributed by atoms with Crippen molar-refractivity contribution in [2.24, 2.45) is 11.3 Å². The molecule has 14 heavy (non-hydrogen) atoms. The van der Waals surface area contributed by atoms with Crippen molar-refractivity contribution in [3.05, 3.63) is 11.1 Å². The predicted molar refractivity (Wildman–Crippen MR) is 62.3 cm³/mol. The van der Waals surface area contributed by atoms with Gasteiger partial charge in [0.05, 0.1) is 0 Å². The van der Waals surface area contributed by atoms with E-state index in [0.717, 1.165) is 5.92 Å². The van der Waals surface area contributed by atoms with Crippen LogP contribution in [0.3, 0.4) is 0 Å². The Hall–Kier alpha value is -0.260. The van der Waals surface area contributed by atoms with E-state index < -0.39 is 0 Å². The molecule has 1 fully saturated rings. The Balaban J connectivity index is 2.25. The first-order chi connectivity index (χ1) is 6.68. The molecule has 0 saturated heterocycles. The molecule has 0 aromatic rings. The average Bonchev–Trinajstić information content (AvgIpc) is 2.46. The molecule has 0 amide bonds. The first-order valence-corrected chi connectivity index (χ1v) is 6.37. The molecule has 80 valence electrons. The highest BCUT2D eigenvalue weighted by Crippen LogP contribution is 2.55. The van der Waals surface area contributed by atoms with Crippen LogP contribution in [0, 0.1) is 11.3 Å². The van der Waals surface area contributed by atoms with Crippen LogP contribution in [0.25, 0.3) is 0 Å². The van der Waals surface area contributed by atoms with Crippen LogP contribution in [0.5, 0.6) is 0 Å². The summed E-state index contributed by atoms with van der Waals surface area (Å²) in [4.78, 5) is 0. The van der Waals surface area contributed by atoms with Gasteiger partial charge in [-0.3, -0.25) is 0 Å². The summed E-state index contributed by atoms with van der Waals surface area (Å²) in [6, 6.07) is 0. The van der Waals surface area contributed by atoms with Gasteiger partial charge in [0.1, 0.15) is 0 Å². The average molecular weight is 192 g/mol. The summed E-state index contributed by atoms with van der Waals surface area (Å²) >= 11 is 0. The van der Waals surface area contributed by atoms with Crippen molar-refractivity contribution in [2.75, 3.05) is 0 Å². The summed E-state index contributed by atoms with van der Waals surface area (Å²) in [6.07, 6.45) is 9.98. The van der Waals surface area contributed by atoms with Gasteiger partial charge < -0.3 is 0 Å². The van der Waals surface area contributed by atoms with Crippen molar-refractivity contribution in [1.29, 1.82) is 0 Å². The van der Waals surface area contributed by atoms with Crippen molar-refractivity contribution in [3.63, 3.8) is 0 Å². The molecule has 2 atom stereocenters. The molecule has 0 aromatic heterocycles. The molecule has 0 aromatic carbocycles. The van der Waals surface area contributed by atoms with E-state index in [4.69, 9.17) is 0 Å². The topological polar surface area (TPSA) is 0 Å². The van der Waals surface area contributed by atoms with Crippen LogP contribution in [-0.2, 0) is 0 Å². The molecule has 0 bridgehead atoms. The first kappa shape index (κ1) is 10.3. The Morgan fingerprint density at radius 2 is 2.14 bits per heavy atom. The maximum absolute atomic E-state index is 2.54. The maximum atomic E-state index is 2.54. The van der Waals surface area contributed by atoms with Crippen molar-refractivity contribution in [1.82, 2.24) is 0 Å². The minimum Gasteiger partial charge on any atom is -0.0736 e. The molecule has 0 radical (unpaired) electrons. The highest BCUT2D eigenvalue weighted by atomic mass is 14.5. The lowest BCUT2D eigenvalue weighted by molar-refractivity contribution is 0.223. The number of hydrogen-bond donors (Lipinski definition) is 0. The zero-order valence-corrected chi connectivity index (χ0v) is 10.0.